The van der Waals surface area contributed by atoms with Crippen LogP contribution >= 0.6 is 0 Å². The van der Waals surface area contributed by atoms with Gasteiger partial charge in [-0.05, 0) is 29.5 Å². The van der Waals surface area contributed by atoms with Crippen LogP contribution in [0.1, 0.15) is 38.8 Å². The second-order valence-electron chi connectivity index (χ2n) is 7.60. The van der Waals surface area contributed by atoms with E-state index in [9.17, 15) is 9.59 Å². The van der Waals surface area contributed by atoms with Gasteiger partial charge in [0, 0.05) is 6.42 Å². The van der Waals surface area contributed by atoms with E-state index in [1.54, 1.807) is 6.92 Å². The highest BCUT2D eigenvalue weighted by molar-refractivity contribution is 5.85. The average molecular weight is 383 g/mol. The molecule has 0 heterocycles. The summed E-state index contributed by atoms with van der Waals surface area (Å²) < 4.78 is 10.9. The SMILES string of the molecule is CCOC(=O)C(Cc1ccccc1)NC(=O)COc1ccccc1C(C)(C)C. The Balaban J connectivity index is 2.03. The maximum Gasteiger partial charge on any atom is 0.328 e. The van der Waals surface area contributed by atoms with Gasteiger partial charge in [-0.1, -0.05) is 69.3 Å². The van der Waals surface area contributed by atoms with Gasteiger partial charge in [-0.3, -0.25) is 4.79 Å². The first-order valence-electron chi connectivity index (χ1n) is 9.53. The van der Waals surface area contributed by atoms with Gasteiger partial charge in [0.2, 0.25) is 0 Å². The van der Waals surface area contributed by atoms with Gasteiger partial charge in [-0.25, -0.2) is 4.79 Å². The van der Waals surface area contributed by atoms with Gasteiger partial charge >= 0.3 is 5.97 Å². The molecular weight excluding hydrogens is 354 g/mol. The zero-order valence-corrected chi connectivity index (χ0v) is 17.0. The quantitative estimate of drug-likeness (QED) is 0.707. The van der Waals surface area contributed by atoms with Gasteiger partial charge in [0.05, 0.1) is 6.61 Å². The molecule has 0 spiro atoms. The first-order chi connectivity index (χ1) is 13.3. The monoisotopic (exact) mass is 383 g/mol. The van der Waals surface area contributed by atoms with Crippen molar-refractivity contribution in [3.05, 3.63) is 65.7 Å². The van der Waals surface area contributed by atoms with Crippen LogP contribution in [0.5, 0.6) is 5.75 Å². The number of amides is 1. The Morgan fingerprint density at radius 2 is 1.64 bits per heavy atom. The van der Waals surface area contributed by atoms with Crippen molar-refractivity contribution in [2.75, 3.05) is 13.2 Å². The maximum absolute atomic E-state index is 12.4. The molecule has 5 nitrogen and oxygen atoms in total. The van der Waals surface area contributed by atoms with Gasteiger partial charge in [-0.15, -0.1) is 0 Å². The summed E-state index contributed by atoms with van der Waals surface area (Å²) in [6.45, 7) is 8.10. The molecule has 150 valence electrons. The largest absolute Gasteiger partial charge is 0.483 e. The van der Waals surface area contributed by atoms with Crippen LogP contribution in [0.2, 0.25) is 0 Å². The Morgan fingerprint density at radius 3 is 2.29 bits per heavy atom. The van der Waals surface area contributed by atoms with E-state index < -0.39 is 12.0 Å². The molecule has 0 saturated carbocycles. The lowest BCUT2D eigenvalue weighted by Crippen LogP contribution is -2.45. The molecule has 0 saturated heterocycles. The van der Waals surface area contributed by atoms with Crippen molar-refractivity contribution < 1.29 is 19.1 Å². The third-order valence-electron chi connectivity index (χ3n) is 4.24. The summed E-state index contributed by atoms with van der Waals surface area (Å²) in [6.07, 6.45) is 0.365. The molecule has 1 atom stereocenters. The summed E-state index contributed by atoms with van der Waals surface area (Å²) in [5.74, 6) is -0.145. The van der Waals surface area contributed by atoms with Crippen LogP contribution in [0.25, 0.3) is 0 Å². The number of esters is 1. The third kappa shape index (κ3) is 6.41. The highest BCUT2D eigenvalue weighted by Crippen LogP contribution is 2.30. The topological polar surface area (TPSA) is 64.6 Å². The van der Waals surface area contributed by atoms with Gasteiger partial charge in [-0.2, -0.15) is 0 Å². The number of nitrogens with one attached hydrogen (secondary N) is 1. The number of carbonyl (C=O) groups excluding carboxylic acids is 2. The van der Waals surface area contributed by atoms with Crippen LogP contribution in [0.15, 0.2) is 54.6 Å². The molecule has 28 heavy (non-hydrogen) atoms. The summed E-state index contributed by atoms with van der Waals surface area (Å²) in [5, 5.41) is 2.74. The molecule has 2 aromatic rings. The van der Waals surface area contributed by atoms with Crippen LogP contribution in [0.3, 0.4) is 0 Å². The predicted molar refractivity (Wildman–Crippen MR) is 109 cm³/mol. The lowest BCUT2D eigenvalue weighted by molar-refractivity contribution is -0.147. The zero-order chi connectivity index (χ0) is 20.6. The molecule has 0 fully saturated rings. The van der Waals surface area contributed by atoms with Gasteiger partial charge in [0.1, 0.15) is 11.8 Å². The standard InChI is InChI=1S/C23H29NO4/c1-5-27-22(26)19(15-17-11-7-6-8-12-17)24-21(25)16-28-20-14-10-9-13-18(20)23(2,3)4/h6-14,19H,5,15-16H2,1-4H3,(H,24,25). The highest BCUT2D eigenvalue weighted by atomic mass is 16.5. The Kier molecular flexibility index (Phi) is 7.61. The lowest BCUT2D eigenvalue weighted by atomic mass is 9.86. The summed E-state index contributed by atoms with van der Waals surface area (Å²) in [6, 6.07) is 16.4. The molecule has 2 rings (SSSR count). The molecule has 1 unspecified atom stereocenters. The number of benzene rings is 2. The van der Waals surface area contributed by atoms with Crippen LogP contribution < -0.4 is 10.1 Å². The van der Waals surface area contributed by atoms with Crippen LogP contribution in [-0.2, 0) is 26.2 Å². The molecule has 0 bridgehead atoms. The molecule has 0 radical (unpaired) electrons. The first-order valence-corrected chi connectivity index (χ1v) is 9.53. The molecular formula is C23H29NO4. The van der Waals surface area contributed by atoms with E-state index in [1.807, 2.05) is 54.6 Å². The van der Waals surface area contributed by atoms with E-state index >= 15 is 0 Å². The van der Waals surface area contributed by atoms with E-state index in [-0.39, 0.29) is 24.5 Å². The predicted octanol–water partition coefficient (Wildman–Crippen LogP) is 3.65. The molecule has 1 N–H and O–H groups in total. The Bertz CT molecular complexity index is 781. The van der Waals surface area contributed by atoms with Gasteiger partial charge in [0.15, 0.2) is 6.61 Å². The normalized spacial score (nSPS) is 12.1. The van der Waals surface area contributed by atoms with Crippen molar-refractivity contribution in [3.63, 3.8) is 0 Å². The Hall–Kier alpha value is -2.82. The van der Waals surface area contributed by atoms with Crippen LogP contribution in [0, 0.1) is 0 Å². The number of hydrogen-bond donors (Lipinski definition) is 1. The molecule has 0 aromatic heterocycles. The number of rotatable bonds is 8. The maximum atomic E-state index is 12.4. The lowest BCUT2D eigenvalue weighted by Gasteiger charge is -2.23. The summed E-state index contributed by atoms with van der Waals surface area (Å²) >= 11 is 0. The van der Waals surface area contributed by atoms with Gasteiger partial charge < -0.3 is 14.8 Å². The molecule has 0 aliphatic heterocycles. The molecule has 5 heteroatoms. The fraction of sp³-hybridized carbons (Fsp3) is 0.391. The number of carbonyl (C=O) groups is 2. The molecule has 0 aliphatic rings. The number of ether oxygens (including phenoxy) is 2. The van der Waals surface area contributed by atoms with Gasteiger partial charge in [0.25, 0.3) is 5.91 Å². The minimum atomic E-state index is -0.753. The van der Waals surface area contributed by atoms with Crippen molar-refractivity contribution in [2.24, 2.45) is 0 Å². The summed E-state index contributed by atoms with van der Waals surface area (Å²) in [4.78, 5) is 24.7. The highest BCUT2D eigenvalue weighted by Gasteiger charge is 2.23. The second-order valence-corrected chi connectivity index (χ2v) is 7.60. The third-order valence-corrected chi connectivity index (χ3v) is 4.24. The number of hydrogen-bond acceptors (Lipinski definition) is 4. The molecule has 1 amide bonds. The van der Waals surface area contributed by atoms with Crippen molar-refractivity contribution in [3.8, 4) is 5.75 Å². The summed E-state index contributed by atoms with van der Waals surface area (Å²) in [7, 11) is 0. The van der Waals surface area contributed by atoms with Crippen LogP contribution in [-0.4, -0.2) is 31.1 Å². The Morgan fingerprint density at radius 1 is 1.00 bits per heavy atom. The van der Waals surface area contributed by atoms with E-state index in [4.69, 9.17) is 9.47 Å². The Labute approximate surface area is 167 Å². The molecule has 2 aromatic carbocycles. The van der Waals surface area contributed by atoms with E-state index in [0.29, 0.717) is 12.2 Å². The fourth-order valence-electron chi connectivity index (χ4n) is 2.88. The van der Waals surface area contributed by atoms with Crippen LogP contribution in [0.4, 0.5) is 0 Å². The van der Waals surface area contributed by atoms with E-state index in [2.05, 4.69) is 26.1 Å². The first kappa shape index (κ1) is 21.5. The average Bonchev–Trinajstić information content (AvgIpc) is 2.66. The minimum absolute atomic E-state index is 0.103. The van der Waals surface area contributed by atoms with E-state index in [1.165, 1.54) is 0 Å². The second kappa shape index (κ2) is 9.93. The van der Waals surface area contributed by atoms with Crippen molar-refractivity contribution >= 4 is 11.9 Å². The zero-order valence-electron chi connectivity index (χ0n) is 17.0. The minimum Gasteiger partial charge on any atom is -0.483 e. The van der Waals surface area contributed by atoms with E-state index in [0.717, 1.165) is 11.1 Å². The van der Waals surface area contributed by atoms with Crippen molar-refractivity contribution in [1.82, 2.24) is 5.32 Å². The smallest absolute Gasteiger partial charge is 0.328 e. The van der Waals surface area contributed by atoms with Crippen molar-refractivity contribution in [1.29, 1.82) is 0 Å². The fourth-order valence-corrected chi connectivity index (χ4v) is 2.88. The summed E-state index contributed by atoms with van der Waals surface area (Å²) in [5.41, 5.74) is 1.86. The number of para-hydroxylation sites is 1. The van der Waals surface area contributed by atoms with Crippen molar-refractivity contribution in [2.45, 2.75) is 45.6 Å². The molecule has 0 aliphatic carbocycles.